The molecule has 0 bridgehead atoms. The van der Waals surface area contributed by atoms with Crippen molar-refractivity contribution in [1.29, 1.82) is 0 Å². The summed E-state index contributed by atoms with van der Waals surface area (Å²) in [6.45, 7) is 0. The molecular formula is C9H18O6. The minimum absolute atomic E-state index is 0.516. The molecule has 0 aliphatic rings. The quantitative estimate of drug-likeness (QED) is 0.447. The van der Waals surface area contributed by atoms with Gasteiger partial charge in [-0.05, 0) is 0 Å². The van der Waals surface area contributed by atoms with E-state index in [9.17, 15) is 4.79 Å². The van der Waals surface area contributed by atoms with Crippen LogP contribution < -0.4 is 0 Å². The first-order valence-corrected chi connectivity index (χ1v) is 4.35. The summed E-state index contributed by atoms with van der Waals surface area (Å²) in [4.78, 5) is 11.5. The Labute approximate surface area is 89.4 Å². The van der Waals surface area contributed by atoms with Crippen molar-refractivity contribution in [3.63, 3.8) is 0 Å². The number of methoxy groups -OCH3 is 5. The molecule has 0 radical (unpaired) electrons. The summed E-state index contributed by atoms with van der Waals surface area (Å²) in [6, 6.07) is 0. The minimum atomic E-state index is -0.792. The maximum Gasteiger partial charge on any atom is 0.319 e. The first kappa shape index (κ1) is 14.3. The van der Waals surface area contributed by atoms with Crippen molar-refractivity contribution in [2.45, 2.75) is 12.6 Å². The summed E-state index contributed by atoms with van der Waals surface area (Å²) < 4.78 is 24.6. The van der Waals surface area contributed by atoms with Crippen molar-refractivity contribution in [1.82, 2.24) is 0 Å². The Bertz CT molecular complexity index is 163. The number of carbonyl (C=O) groups is 1. The molecule has 90 valence electrons. The summed E-state index contributed by atoms with van der Waals surface area (Å²) in [7, 11) is 6.97. The molecule has 0 saturated heterocycles. The van der Waals surface area contributed by atoms with Crippen molar-refractivity contribution < 1.29 is 28.5 Å². The van der Waals surface area contributed by atoms with Crippen LogP contribution in [0, 0.1) is 5.92 Å². The summed E-state index contributed by atoms with van der Waals surface area (Å²) in [6.07, 6.45) is -1.55. The van der Waals surface area contributed by atoms with Crippen LogP contribution in [0.2, 0.25) is 0 Å². The van der Waals surface area contributed by atoms with Crippen molar-refractivity contribution >= 4 is 5.97 Å². The monoisotopic (exact) mass is 222 g/mol. The summed E-state index contributed by atoms with van der Waals surface area (Å²) in [5, 5.41) is 0. The lowest BCUT2D eigenvalue weighted by atomic mass is 10.1. The maximum atomic E-state index is 11.5. The molecule has 0 saturated carbocycles. The van der Waals surface area contributed by atoms with Crippen LogP contribution in [0.5, 0.6) is 0 Å². The van der Waals surface area contributed by atoms with Gasteiger partial charge in [-0.2, -0.15) is 0 Å². The molecule has 15 heavy (non-hydrogen) atoms. The highest BCUT2D eigenvalue weighted by atomic mass is 16.7. The third-order valence-electron chi connectivity index (χ3n) is 1.99. The van der Waals surface area contributed by atoms with Gasteiger partial charge in [0.1, 0.15) is 0 Å². The van der Waals surface area contributed by atoms with Crippen molar-refractivity contribution in [3.05, 3.63) is 0 Å². The lowest BCUT2D eigenvalue weighted by Gasteiger charge is -2.27. The highest BCUT2D eigenvalue weighted by molar-refractivity contribution is 5.73. The van der Waals surface area contributed by atoms with Gasteiger partial charge in [0.25, 0.3) is 0 Å². The highest BCUT2D eigenvalue weighted by Crippen LogP contribution is 2.18. The van der Waals surface area contributed by atoms with Crippen LogP contribution in [0.4, 0.5) is 0 Å². The van der Waals surface area contributed by atoms with Crippen LogP contribution in [0.3, 0.4) is 0 Å². The fraction of sp³-hybridized carbons (Fsp3) is 0.889. The largest absolute Gasteiger partial charge is 0.469 e. The molecule has 0 heterocycles. The summed E-state index contributed by atoms with van der Waals surface area (Å²) >= 11 is 0. The predicted molar refractivity (Wildman–Crippen MR) is 51.1 cm³/mol. The van der Waals surface area contributed by atoms with Gasteiger partial charge < -0.3 is 23.7 Å². The van der Waals surface area contributed by atoms with E-state index in [4.69, 9.17) is 18.9 Å². The average Bonchev–Trinajstić information content (AvgIpc) is 2.28. The van der Waals surface area contributed by atoms with E-state index in [1.807, 2.05) is 0 Å². The number of carbonyl (C=O) groups excluding carboxylic acids is 1. The summed E-state index contributed by atoms with van der Waals surface area (Å²) in [5.74, 6) is -1.31. The predicted octanol–water partition coefficient (Wildman–Crippen LogP) is 0.0134. The van der Waals surface area contributed by atoms with Crippen LogP contribution in [-0.2, 0) is 28.5 Å². The van der Waals surface area contributed by atoms with Gasteiger partial charge >= 0.3 is 5.97 Å². The van der Waals surface area contributed by atoms with Gasteiger partial charge in [0.15, 0.2) is 18.5 Å². The van der Waals surface area contributed by atoms with E-state index in [2.05, 4.69) is 4.74 Å². The molecule has 0 spiro atoms. The SMILES string of the molecule is COC(=O)C(C(OC)OC)C(OC)OC. The fourth-order valence-electron chi connectivity index (χ4n) is 1.27. The van der Waals surface area contributed by atoms with Gasteiger partial charge in [0.05, 0.1) is 7.11 Å². The van der Waals surface area contributed by atoms with E-state index < -0.39 is 24.5 Å². The molecule has 0 unspecified atom stereocenters. The van der Waals surface area contributed by atoms with Gasteiger partial charge in [0.2, 0.25) is 0 Å². The van der Waals surface area contributed by atoms with Gasteiger partial charge in [-0.1, -0.05) is 0 Å². The van der Waals surface area contributed by atoms with Crippen molar-refractivity contribution in [2.75, 3.05) is 35.5 Å². The number of hydrogen-bond acceptors (Lipinski definition) is 6. The van der Waals surface area contributed by atoms with Crippen LogP contribution in [0.1, 0.15) is 0 Å². The number of ether oxygens (including phenoxy) is 5. The zero-order chi connectivity index (χ0) is 11.8. The Morgan fingerprint density at radius 2 is 1.13 bits per heavy atom. The maximum absolute atomic E-state index is 11.5. The lowest BCUT2D eigenvalue weighted by Crippen LogP contribution is -2.42. The van der Waals surface area contributed by atoms with E-state index in [1.165, 1.54) is 35.5 Å². The zero-order valence-corrected chi connectivity index (χ0v) is 9.68. The number of esters is 1. The second-order valence-electron chi connectivity index (χ2n) is 2.73. The van der Waals surface area contributed by atoms with Gasteiger partial charge in [-0.25, -0.2) is 0 Å². The van der Waals surface area contributed by atoms with Crippen molar-refractivity contribution in [2.24, 2.45) is 5.92 Å². The topological polar surface area (TPSA) is 63.2 Å². The van der Waals surface area contributed by atoms with Crippen molar-refractivity contribution in [3.8, 4) is 0 Å². The van der Waals surface area contributed by atoms with E-state index in [1.54, 1.807) is 0 Å². The standard InChI is InChI=1S/C9H18O6/c1-11-7(10)6(8(12-2)13-3)9(14-4)15-5/h6,8-9H,1-5H3. The molecule has 6 nitrogen and oxygen atoms in total. The molecule has 0 amide bonds. The molecule has 0 aromatic rings. The lowest BCUT2D eigenvalue weighted by molar-refractivity contribution is -0.229. The van der Waals surface area contributed by atoms with Crippen LogP contribution >= 0.6 is 0 Å². The third kappa shape index (κ3) is 3.75. The Hall–Kier alpha value is -0.690. The van der Waals surface area contributed by atoms with Crippen LogP contribution in [-0.4, -0.2) is 54.1 Å². The molecule has 0 aromatic heterocycles. The second kappa shape index (κ2) is 7.58. The molecule has 6 heteroatoms. The Kier molecular flexibility index (Phi) is 7.23. The first-order valence-electron chi connectivity index (χ1n) is 4.35. The Balaban J connectivity index is 4.75. The summed E-state index contributed by atoms with van der Waals surface area (Å²) in [5.41, 5.74) is 0. The molecular weight excluding hydrogens is 204 g/mol. The molecule has 0 aromatic carbocycles. The molecule has 0 rings (SSSR count). The van der Waals surface area contributed by atoms with E-state index in [0.717, 1.165) is 0 Å². The second-order valence-corrected chi connectivity index (χ2v) is 2.73. The minimum Gasteiger partial charge on any atom is -0.469 e. The molecule has 0 N–H and O–H groups in total. The van der Waals surface area contributed by atoms with Crippen LogP contribution in [0.15, 0.2) is 0 Å². The van der Waals surface area contributed by atoms with Gasteiger partial charge in [0, 0.05) is 28.4 Å². The van der Waals surface area contributed by atoms with Gasteiger partial charge in [-0.15, -0.1) is 0 Å². The average molecular weight is 222 g/mol. The van der Waals surface area contributed by atoms with Gasteiger partial charge in [-0.3, -0.25) is 4.79 Å². The molecule has 0 fully saturated rings. The molecule has 0 aliphatic heterocycles. The van der Waals surface area contributed by atoms with E-state index in [-0.39, 0.29) is 0 Å². The molecule has 0 aliphatic carbocycles. The highest BCUT2D eigenvalue weighted by Gasteiger charge is 2.37. The first-order chi connectivity index (χ1) is 7.15. The smallest absolute Gasteiger partial charge is 0.319 e. The van der Waals surface area contributed by atoms with E-state index in [0.29, 0.717) is 0 Å². The third-order valence-corrected chi connectivity index (χ3v) is 1.99. The molecule has 0 atom stereocenters. The zero-order valence-electron chi connectivity index (χ0n) is 9.68. The normalized spacial score (nSPS) is 11.5. The van der Waals surface area contributed by atoms with Crippen LogP contribution in [0.25, 0.3) is 0 Å². The Morgan fingerprint density at radius 1 is 0.800 bits per heavy atom. The van der Waals surface area contributed by atoms with E-state index >= 15 is 0 Å². The Morgan fingerprint density at radius 3 is 1.33 bits per heavy atom. The number of rotatable bonds is 7. The number of hydrogen-bond donors (Lipinski definition) is 0. The fourth-order valence-corrected chi connectivity index (χ4v) is 1.27.